The Balaban J connectivity index is 2.14. The number of nitrogens with zero attached hydrogens (tertiary/aromatic N) is 2. The lowest BCUT2D eigenvalue weighted by atomic mass is 10.0. The molecule has 0 aliphatic heterocycles. The number of hydrogen-bond acceptors (Lipinski definition) is 4. The van der Waals surface area contributed by atoms with E-state index < -0.39 is 20.8 Å². The maximum atomic E-state index is 14.2. The average molecular weight is 380 g/mol. The maximum Gasteiger partial charge on any atom is 0.299 e. The molecule has 1 heterocycles. The highest BCUT2D eigenvalue weighted by molar-refractivity contribution is 7.86. The van der Waals surface area contributed by atoms with Crippen LogP contribution in [0.25, 0.3) is 33.5 Å². The molecule has 0 unspecified atom stereocenters. The van der Waals surface area contributed by atoms with Crippen molar-refractivity contribution in [3.8, 4) is 22.5 Å². The summed E-state index contributed by atoms with van der Waals surface area (Å²) in [7, 11) is -4.81. The van der Waals surface area contributed by atoms with Crippen LogP contribution in [0, 0.1) is 5.82 Å². The Morgan fingerprint density at radius 3 is 1.78 bits per heavy atom. The van der Waals surface area contributed by atoms with Gasteiger partial charge >= 0.3 is 0 Å². The molecular weight excluding hydrogens is 367 g/mol. The van der Waals surface area contributed by atoms with Crippen molar-refractivity contribution in [1.29, 1.82) is 0 Å². The number of aromatic nitrogens is 2. The second kappa shape index (κ2) is 6.53. The third kappa shape index (κ3) is 3.18. The van der Waals surface area contributed by atoms with E-state index >= 15 is 0 Å². The molecule has 0 aliphatic rings. The standard InChI is InChI=1S/C20H13FN2O3S/c21-15-11-12-16-19(20(15)27(24,25)26)23-18(14-9-5-2-6-10-14)17(22-16)13-7-3-1-4-8-13/h1-12H,(H,24,25,26). The average Bonchev–Trinajstić information content (AvgIpc) is 2.67. The largest absolute Gasteiger partial charge is 0.299 e. The van der Waals surface area contributed by atoms with Crippen molar-refractivity contribution >= 4 is 21.2 Å². The van der Waals surface area contributed by atoms with E-state index in [9.17, 15) is 17.4 Å². The summed E-state index contributed by atoms with van der Waals surface area (Å²) in [6.45, 7) is 0. The van der Waals surface area contributed by atoms with E-state index in [1.807, 2.05) is 48.5 Å². The number of benzene rings is 3. The lowest BCUT2D eigenvalue weighted by Gasteiger charge is -2.12. The minimum atomic E-state index is -4.81. The zero-order valence-electron chi connectivity index (χ0n) is 13.9. The highest BCUT2D eigenvalue weighted by atomic mass is 32.2. The van der Waals surface area contributed by atoms with Gasteiger partial charge in [0.2, 0.25) is 0 Å². The maximum absolute atomic E-state index is 14.2. The number of rotatable bonds is 3. The van der Waals surface area contributed by atoms with E-state index in [-0.39, 0.29) is 11.0 Å². The third-order valence-electron chi connectivity index (χ3n) is 4.09. The second-order valence-electron chi connectivity index (χ2n) is 5.87. The molecule has 0 aliphatic carbocycles. The first kappa shape index (κ1) is 17.3. The molecular formula is C20H13FN2O3S. The smallest absolute Gasteiger partial charge is 0.282 e. The van der Waals surface area contributed by atoms with E-state index in [1.54, 1.807) is 12.1 Å². The van der Waals surface area contributed by atoms with Gasteiger partial charge < -0.3 is 0 Å². The fourth-order valence-electron chi connectivity index (χ4n) is 2.91. The Morgan fingerprint density at radius 1 is 0.741 bits per heavy atom. The molecule has 4 aromatic rings. The Morgan fingerprint density at radius 2 is 1.26 bits per heavy atom. The van der Waals surface area contributed by atoms with Crippen molar-refractivity contribution in [1.82, 2.24) is 9.97 Å². The number of fused-ring (bicyclic) bond motifs is 1. The van der Waals surface area contributed by atoms with Crippen LogP contribution in [0.1, 0.15) is 0 Å². The summed E-state index contributed by atoms with van der Waals surface area (Å²) < 4.78 is 47.1. The Hall–Kier alpha value is -3.16. The number of halogens is 1. The van der Waals surface area contributed by atoms with Gasteiger partial charge in [0.05, 0.1) is 16.9 Å². The first-order valence-corrected chi connectivity index (χ1v) is 9.48. The molecule has 0 saturated carbocycles. The normalized spacial score (nSPS) is 11.6. The summed E-state index contributed by atoms with van der Waals surface area (Å²) in [6.07, 6.45) is 0. The minimum Gasteiger partial charge on any atom is -0.282 e. The monoisotopic (exact) mass is 380 g/mol. The fourth-order valence-corrected chi connectivity index (χ4v) is 3.62. The third-order valence-corrected chi connectivity index (χ3v) is 5.00. The highest BCUT2D eigenvalue weighted by Crippen LogP contribution is 2.33. The Bertz CT molecular complexity index is 1240. The molecule has 5 nitrogen and oxygen atoms in total. The molecule has 3 aromatic carbocycles. The molecule has 0 fully saturated rings. The highest BCUT2D eigenvalue weighted by Gasteiger charge is 2.24. The summed E-state index contributed by atoms with van der Waals surface area (Å²) in [5.41, 5.74) is 2.35. The second-order valence-corrected chi connectivity index (χ2v) is 7.23. The molecule has 134 valence electrons. The van der Waals surface area contributed by atoms with Gasteiger partial charge in [-0.25, -0.2) is 14.4 Å². The molecule has 4 rings (SSSR count). The van der Waals surface area contributed by atoms with Crippen LogP contribution in [0.15, 0.2) is 77.7 Å². The zero-order chi connectivity index (χ0) is 19.0. The summed E-state index contributed by atoms with van der Waals surface area (Å²) in [5, 5.41) is 0. The Labute approximate surface area is 154 Å². The van der Waals surface area contributed by atoms with Gasteiger partial charge in [-0.3, -0.25) is 4.55 Å². The van der Waals surface area contributed by atoms with Gasteiger partial charge in [-0.2, -0.15) is 8.42 Å². The minimum absolute atomic E-state index is 0.169. The first-order chi connectivity index (χ1) is 12.9. The van der Waals surface area contributed by atoms with Crippen LogP contribution >= 0.6 is 0 Å². The molecule has 0 amide bonds. The van der Waals surface area contributed by atoms with Gasteiger partial charge in [0.1, 0.15) is 11.3 Å². The van der Waals surface area contributed by atoms with Gasteiger partial charge in [-0.05, 0) is 12.1 Å². The van der Waals surface area contributed by atoms with E-state index in [0.29, 0.717) is 17.0 Å². The van der Waals surface area contributed by atoms with Crippen LogP contribution in [-0.2, 0) is 10.1 Å². The number of hydrogen-bond donors (Lipinski definition) is 1. The SMILES string of the molecule is O=S(=O)(O)c1c(F)ccc2nc(-c3ccccc3)c(-c3ccccc3)nc12. The molecule has 7 heteroatoms. The topological polar surface area (TPSA) is 80.2 Å². The fraction of sp³-hybridized carbons (Fsp3) is 0. The van der Waals surface area contributed by atoms with Crippen molar-refractivity contribution in [3.63, 3.8) is 0 Å². The van der Waals surface area contributed by atoms with Gasteiger partial charge in [-0.15, -0.1) is 0 Å². The predicted octanol–water partition coefficient (Wildman–Crippen LogP) is 4.35. The van der Waals surface area contributed by atoms with Crippen LogP contribution in [0.3, 0.4) is 0 Å². The molecule has 0 saturated heterocycles. The zero-order valence-corrected chi connectivity index (χ0v) is 14.7. The van der Waals surface area contributed by atoms with Crippen molar-refractivity contribution < 1.29 is 17.4 Å². The van der Waals surface area contributed by atoms with Crippen molar-refractivity contribution in [3.05, 3.63) is 78.6 Å². The van der Waals surface area contributed by atoms with E-state index in [1.165, 1.54) is 6.07 Å². The van der Waals surface area contributed by atoms with Crippen LogP contribution in [0.4, 0.5) is 4.39 Å². The van der Waals surface area contributed by atoms with Crippen LogP contribution in [-0.4, -0.2) is 22.9 Å². The summed E-state index contributed by atoms with van der Waals surface area (Å²) in [4.78, 5) is 8.07. The lowest BCUT2D eigenvalue weighted by molar-refractivity contribution is 0.475. The molecule has 27 heavy (non-hydrogen) atoms. The van der Waals surface area contributed by atoms with E-state index in [4.69, 9.17) is 0 Å². The van der Waals surface area contributed by atoms with E-state index in [0.717, 1.165) is 11.6 Å². The van der Waals surface area contributed by atoms with Crippen LogP contribution in [0.5, 0.6) is 0 Å². The molecule has 0 atom stereocenters. The predicted molar refractivity (Wildman–Crippen MR) is 100 cm³/mol. The van der Waals surface area contributed by atoms with Gasteiger partial charge in [0.25, 0.3) is 10.1 Å². The Kier molecular flexibility index (Phi) is 4.18. The van der Waals surface area contributed by atoms with Gasteiger partial charge in [-0.1, -0.05) is 60.7 Å². The van der Waals surface area contributed by atoms with Gasteiger partial charge in [0, 0.05) is 11.1 Å². The van der Waals surface area contributed by atoms with Crippen molar-refractivity contribution in [2.24, 2.45) is 0 Å². The van der Waals surface area contributed by atoms with Crippen LogP contribution in [0.2, 0.25) is 0 Å². The molecule has 1 N–H and O–H groups in total. The van der Waals surface area contributed by atoms with E-state index in [2.05, 4.69) is 9.97 Å². The summed E-state index contributed by atoms with van der Waals surface area (Å²) in [6, 6.07) is 20.6. The molecule has 0 spiro atoms. The molecule has 0 radical (unpaired) electrons. The first-order valence-electron chi connectivity index (χ1n) is 8.04. The molecule has 1 aromatic heterocycles. The molecule has 0 bridgehead atoms. The lowest BCUT2D eigenvalue weighted by Crippen LogP contribution is -2.06. The van der Waals surface area contributed by atoms with Crippen molar-refractivity contribution in [2.45, 2.75) is 4.90 Å². The van der Waals surface area contributed by atoms with Gasteiger partial charge in [0.15, 0.2) is 4.90 Å². The van der Waals surface area contributed by atoms with Crippen molar-refractivity contribution in [2.75, 3.05) is 0 Å². The summed E-state index contributed by atoms with van der Waals surface area (Å²) in [5.74, 6) is -1.08. The summed E-state index contributed by atoms with van der Waals surface area (Å²) >= 11 is 0. The quantitative estimate of drug-likeness (QED) is 0.535. The van der Waals surface area contributed by atoms with Crippen LogP contribution < -0.4 is 0 Å².